The molecule has 1 aliphatic rings. The van der Waals surface area contributed by atoms with Crippen LogP contribution in [0.4, 0.5) is 0 Å². The van der Waals surface area contributed by atoms with Crippen LogP contribution in [0, 0.1) is 6.92 Å². The molecule has 0 radical (unpaired) electrons. The van der Waals surface area contributed by atoms with E-state index in [-0.39, 0.29) is 5.03 Å². The number of sulfonamides is 1. The molecule has 2 heterocycles. The van der Waals surface area contributed by atoms with Gasteiger partial charge in [-0.3, -0.25) is 5.10 Å². The summed E-state index contributed by atoms with van der Waals surface area (Å²) in [5.74, 6) is 0.840. The molecule has 6 nitrogen and oxygen atoms in total. The largest absolute Gasteiger partial charge is 0.313 e. The van der Waals surface area contributed by atoms with Crippen LogP contribution in [-0.2, 0) is 16.6 Å². The third-order valence-corrected chi connectivity index (χ3v) is 6.35. The van der Waals surface area contributed by atoms with Gasteiger partial charge in [-0.05, 0) is 13.5 Å². The molecule has 1 saturated heterocycles. The Kier molecular flexibility index (Phi) is 5.11. The van der Waals surface area contributed by atoms with Crippen molar-refractivity contribution in [2.24, 2.45) is 0 Å². The molecular weight excluding hydrogens is 296 g/mol. The lowest BCUT2D eigenvalue weighted by Crippen LogP contribution is -2.41. The van der Waals surface area contributed by atoms with E-state index in [2.05, 4.69) is 22.4 Å². The zero-order valence-electron chi connectivity index (χ0n) is 12.1. The summed E-state index contributed by atoms with van der Waals surface area (Å²) in [7, 11) is -3.50. The van der Waals surface area contributed by atoms with E-state index in [0.29, 0.717) is 24.9 Å². The highest BCUT2D eigenvalue weighted by Gasteiger charge is 2.33. The second-order valence-corrected chi connectivity index (χ2v) is 8.36. The standard InChI is InChI=1S/C12H22N4O2S2/c1-4-13-7-11-10(3)14-15-12(11)20(17,18)16-5-6-19-9(2)8-16/h9,13H,4-8H2,1-3H3,(H,14,15). The first kappa shape index (κ1) is 15.8. The highest BCUT2D eigenvalue weighted by molar-refractivity contribution is 8.00. The summed E-state index contributed by atoms with van der Waals surface area (Å²) in [6, 6.07) is 0. The van der Waals surface area contributed by atoms with E-state index in [4.69, 9.17) is 0 Å². The van der Waals surface area contributed by atoms with Gasteiger partial charge in [-0.25, -0.2) is 8.42 Å². The van der Waals surface area contributed by atoms with Crippen molar-refractivity contribution in [1.29, 1.82) is 0 Å². The molecule has 0 amide bonds. The van der Waals surface area contributed by atoms with Gasteiger partial charge in [0.05, 0.1) is 0 Å². The maximum Gasteiger partial charge on any atom is 0.262 e. The van der Waals surface area contributed by atoms with Crippen molar-refractivity contribution in [2.45, 2.75) is 37.6 Å². The number of nitrogens with one attached hydrogen (secondary N) is 2. The van der Waals surface area contributed by atoms with Crippen LogP contribution in [0.5, 0.6) is 0 Å². The molecule has 1 aliphatic heterocycles. The molecule has 20 heavy (non-hydrogen) atoms. The third kappa shape index (κ3) is 3.19. The summed E-state index contributed by atoms with van der Waals surface area (Å²) < 4.78 is 27.0. The van der Waals surface area contributed by atoms with E-state index in [9.17, 15) is 8.42 Å². The molecule has 114 valence electrons. The molecule has 2 N–H and O–H groups in total. The lowest BCUT2D eigenvalue weighted by molar-refractivity contribution is 0.421. The maximum absolute atomic E-state index is 12.7. The zero-order chi connectivity index (χ0) is 14.8. The van der Waals surface area contributed by atoms with Crippen molar-refractivity contribution < 1.29 is 8.42 Å². The van der Waals surface area contributed by atoms with Crippen molar-refractivity contribution in [1.82, 2.24) is 19.8 Å². The van der Waals surface area contributed by atoms with Gasteiger partial charge in [-0.1, -0.05) is 13.8 Å². The topological polar surface area (TPSA) is 78.1 Å². The SMILES string of the molecule is CCNCc1c(S(=O)(=O)N2CCSC(C)C2)n[nH]c1C. The lowest BCUT2D eigenvalue weighted by Gasteiger charge is -2.29. The number of hydrogen-bond donors (Lipinski definition) is 2. The average molecular weight is 318 g/mol. The minimum atomic E-state index is -3.50. The Balaban J connectivity index is 2.29. The van der Waals surface area contributed by atoms with Gasteiger partial charge in [-0.15, -0.1) is 0 Å². The van der Waals surface area contributed by atoms with Gasteiger partial charge in [-0.2, -0.15) is 21.2 Å². The predicted molar refractivity (Wildman–Crippen MR) is 81.4 cm³/mol. The molecule has 0 aliphatic carbocycles. The molecular formula is C12H22N4O2S2. The van der Waals surface area contributed by atoms with E-state index < -0.39 is 10.0 Å². The van der Waals surface area contributed by atoms with E-state index in [1.54, 1.807) is 4.31 Å². The van der Waals surface area contributed by atoms with Crippen molar-refractivity contribution >= 4 is 21.8 Å². The van der Waals surface area contributed by atoms with Gasteiger partial charge in [0, 0.05) is 41.9 Å². The number of rotatable bonds is 5. The van der Waals surface area contributed by atoms with Gasteiger partial charge in [0.25, 0.3) is 10.0 Å². The summed E-state index contributed by atoms with van der Waals surface area (Å²) in [5.41, 5.74) is 1.56. The van der Waals surface area contributed by atoms with Gasteiger partial charge < -0.3 is 5.32 Å². The van der Waals surface area contributed by atoms with Crippen LogP contribution in [0.3, 0.4) is 0 Å². The van der Waals surface area contributed by atoms with Crippen LogP contribution in [0.25, 0.3) is 0 Å². The van der Waals surface area contributed by atoms with E-state index >= 15 is 0 Å². The van der Waals surface area contributed by atoms with Crippen molar-refractivity contribution in [3.63, 3.8) is 0 Å². The molecule has 2 rings (SSSR count). The van der Waals surface area contributed by atoms with Gasteiger partial charge >= 0.3 is 0 Å². The summed E-state index contributed by atoms with van der Waals surface area (Å²) in [4.78, 5) is 0. The molecule has 1 atom stereocenters. The predicted octanol–water partition coefficient (Wildman–Crippen LogP) is 0.954. The second-order valence-electron chi connectivity index (χ2n) is 4.96. The third-order valence-electron chi connectivity index (χ3n) is 3.38. The molecule has 1 unspecified atom stereocenters. The van der Waals surface area contributed by atoms with Crippen LogP contribution in [0.15, 0.2) is 5.03 Å². The van der Waals surface area contributed by atoms with Gasteiger partial charge in [0.1, 0.15) is 0 Å². The molecule has 0 bridgehead atoms. The monoisotopic (exact) mass is 318 g/mol. The molecule has 0 spiro atoms. The molecule has 0 aromatic carbocycles. The summed E-state index contributed by atoms with van der Waals surface area (Å²) in [6.45, 7) is 8.33. The van der Waals surface area contributed by atoms with Crippen LogP contribution >= 0.6 is 11.8 Å². The van der Waals surface area contributed by atoms with Crippen molar-refractivity contribution in [3.05, 3.63) is 11.3 Å². The van der Waals surface area contributed by atoms with Crippen LogP contribution in [0.1, 0.15) is 25.1 Å². The molecule has 0 saturated carbocycles. The van der Waals surface area contributed by atoms with Gasteiger partial charge in [0.15, 0.2) is 5.03 Å². The average Bonchev–Trinajstić information content (AvgIpc) is 2.78. The smallest absolute Gasteiger partial charge is 0.262 e. The molecule has 1 aromatic rings. The quantitative estimate of drug-likeness (QED) is 0.845. The minimum absolute atomic E-state index is 0.176. The van der Waals surface area contributed by atoms with Crippen molar-refractivity contribution in [2.75, 3.05) is 25.4 Å². The Bertz CT molecular complexity index is 556. The minimum Gasteiger partial charge on any atom is -0.313 e. The zero-order valence-corrected chi connectivity index (χ0v) is 13.8. The van der Waals surface area contributed by atoms with Gasteiger partial charge in [0.2, 0.25) is 0 Å². The van der Waals surface area contributed by atoms with Crippen LogP contribution in [-0.4, -0.2) is 53.6 Å². The second kappa shape index (κ2) is 6.46. The molecule has 1 fully saturated rings. The fourth-order valence-corrected chi connectivity index (χ4v) is 5.15. The van der Waals surface area contributed by atoms with E-state index in [1.165, 1.54) is 0 Å². The Hall–Kier alpha value is -0.570. The number of H-pyrrole nitrogens is 1. The molecule has 8 heteroatoms. The Morgan fingerprint density at radius 3 is 2.95 bits per heavy atom. The number of aromatic amines is 1. The number of thioether (sulfide) groups is 1. The number of aryl methyl sites for hydroxylation is 1. The van der Waals surface area contributed by atoms with Crippen LogP contribution < -0.4 is 5.32 Å². The first-order chi connectivity index (χ1) is 9.46. The normalized spacial score (nSPS) is 21.2. The van der Waals surface area contributed by atoms with E-state index in [1.807, 2.05) is 25.6 Å². The fourth-order valence-electron chi connectivity index (χ4n) is 2.23. The number of aromatic nitrogens is 2. The molecule has 1 aromatic heterocycles. The highest BCUT2D eigenvalue weighted by Crippen LogP contribution is 2.25. The Morgan fingerprint density at radius 2 is 2.30 bits per heavy atom. The summed E-state index contributed by atoms with van der Waals surface area (Å²) in [5, 5.41) is 10.5. The summed E-state index contributed by atoms with van der Waals surface area (Å²) in [6.07, 6.45) is 0. The lowest BCUT2D eigenvalue weighted by atomic mass is 10.2. The summed E-state index contributed by atoms with van der Waals surface area (Å²) >= 11 is 1.81. The highest BCUT2D eigenvalue weighted by atomic mass is 32.2. The Labute approximate surface area is 124 Å². The number of hydrogen-bond acceptors (Lipinski definition) is 5. The Morgan fingerprint density at radius 1 is 1.55 bits per heavy atom. The van der Waals surface area contributed by atoms with Crippen molar-refractivity contribution in [3.8, 4) is 0 Å². The maximum atomic E-state index is 12.7. The number of nitrogens with zero attached hydrogens (tertiary/aromatic N) is 2. The van der Waals surface area contributed by atoms with E-state index in [0.717, 1.165) is 23.6 Å². The first-order valence-electron chi connectivity index (χ1n) is 6.83. The van der Waals surface area contributed by atoms with Crippen LogP contribution in [0.2, 0.25) is 0 Å². The first-order valence-corrected chi connectivity index (χ1v) is 9.32. The fraction of sp³-hybridized carbons (Fsp3) is 0.750.